The number of benzene rings is 1. The van der Waals surface area contributed by atoms with E-state index in [1.165, 1.54) is 4.31 Å². The van der Waals surface area contributed by atoms with Gasteiger partial charge in [0.15, 0.2) is 0 Å². The molecular formula is C18H26N2O3S. The van der Waals surface area contributed by atoms with Gasteiger partial charge in [-0.1, -0.05) is 31.6 Å². The Kier molecular flexibility index (Phi) is 5.83. The van der Waals surface area contributed by atoms with Crippen LogP contribution in [0, 0.1) is 0 Å². The van der Waals surface area contributed by atoms with Crippen molar-refractivity contribution in [3.05, 3.63) is 41.5 Å². The van der Waals surface area contributed by atoms with E-state index in [1.807, 2.05) is 26.0 Å². The third-order valence-electron chi connectivity index (χ3n) is 4.15. The van der Waals surface area contributed by atoms with E-state index >= 15 is 0 Å². The van der Waals surface area contributed by atoms with Crippen LogP contribution in [0.1, 0.15) is 39.2 Å². The van der Waals surface area contributed by atoms with Gasteiger partial charge in [0.2, 0.25) is 15.9 Å². The van der Waals surface area contributed by atoms with E-state index in [1.54, 1.807) is 23.1 Å². The standard InChI is InChI=1S/C18H26N2O3S/c1-14(2)13-18(21)19-9-11-20(12-10-19)24(22,23)17-7-5-16(6-8-17)15(3)4/h5-8,13,15H,9-12H2,1-4H3. The summed E-state index contributed by atoms with van der Waals surface area (Å²) in [4.78, 5) is 14.0. The molecule has 132 valence electrons. The highest BCUT2D eigenvalue weighted by Gasteiger charge is 2.29. The van der Waals surface area contributed by atoms with E-state index in [2.05, 4.69) is 13.8 Å². The van der Waals surface area contributed by atoms with E-state index in [-0.39, 0.29) is 5.91 Å². The topological polar surface area (TPSA) is 57.7 Å². The molecule has 0 aliphatic carbocycles. The summed E-state index contributed by atoms with van der Waals surface area (Å²) in [6.07, 6.45) is 1.59. The molecule has 24 heavy (non-hydrogen) atoms. The molecule has 1 aromatic carbocycles. The van der Waals surface area contributed by atoms with E-state index < -0.39 is 10.0 Å². The maximum atomic E-state index is 12.7. The van der Waals surface area contributed by atoms with Crippen molar-refractivity contribution in [1.29, 1.82) is 0 Å². The van der Waals surface area contributed by atoms with Crippen molar-refractivity contribution in [3.63, 3.8) is 0 Å². The normalized spacial score (nSPS) is 16.3. The van der Waals surface area contributed by atoms with E-state index in [0.717, 1.165) is 11.1 Å². The first-order valence-electron chi connectivity index (χ1n) is 8.25. The number of carbonyl (C=O) groups is 1. The van der Waals surface area contributed by atoms with E-state index in [4.69, 9.17) is 0 Å². The van der Waals surface area contributed by atoms with Gasteiger partial charge in [-0.2, -0.15) is 4.31 Å². The van der Waals surface area contributed by atoms with Crippen molar-refractivity contribution in [1.82, 2.24) is 9.21 Å². The summed E-state index contributed by atoms with van der Waals surface area (Å²) in [5.41, 5.74) is 2.06. The highest BCUT2D eigenvalue weighted by molar-refractivity contribution is 7.89. The Bertz CT molecular complexity index is 709. The minimum Gasteiger partial charge on any atom is -0.337 e. The lowest BCUT2D eigenvalue weighted by Gasteiger charge is -2.33. The molecule has 0 aromatic heterocycles. The lowest BCUT2D eigenvalue weighted by molar-refractivity contribution is -0.127. The zero-order valence-electron chi connectivity index (χ0n) is 14.8. The number of amides is 1. The molecule has 1 fully saturated rings. The number of sulfonamides is 1. The maximum Gasteiger partial charge on any atom is 0.246 e. The second kappa shape index (κ2) is 7.49. The number of hydrogen-bond acceptors (Lipinski definition) is 3. The van der Waals surface area contributed by atoms with Crippen molar-refractivity contribution < 1.29 is 13.2 Å². The molecular weight excluding hydrogens is 324 g/mol. The molecule has 1 amide bonds. The molecule has 0 unspecified atom stereocenters. The number of rotatable bonds is 4. The Hall–Kier alpha value is -1.66. The van der Waals surface area contributed by atoms with Crippen LogP contribution in [-0.2, 0) is 14.8 Å². The molecule has 2 rings (SSSR count). The van der Waals surface area contributed by atoms with Crippen LogP contribution in [-0.4, -0.2) is 49.7 Å². The van der Waals surface area contributed by atoms with Crippen LogP contribution in [0.2, 0.25) is 0 Å². The van der Waals surface area contributed by atoms with Crippen LogP contribution in [0.15, 0.2) is 40.8 Å². The fourth-order valence-electron chi connectivity index (χ4n) is 2.66. The quantitative estimate of drug-likeness (QED) is 0.784. The van der Waals surface area contributed by atoms with Gasteiger partial charge in [0.1, 0.15) is 0 Å². The molecule has 0 radical (unpaired) electrons. The molecule has 0 N–H and O–H groups in total. The summed E-state index contributed by atoms with van der Waals surface area (Å²) in [5, 5.41) is 0. The largest absolute Gasteiger partial charge is 0.337 e. The molecule has 0 bridgehead atoms. The lowest BCUT2D eigenvalue weighted by atomic mass is 10.0. The second-order valence-corrected chi connectivity index (χ2v) is 8.61. The number of hydrogen-bond donors (Lipinski definition) is 0. The lowest BCUT2D eigenvalue weighted by Crippen LogP contribution is -2.50. The Balaban J connectivity index is 2.07. The number of allylic oxidation sites excluding steroid dienone is 1. The molecule has 0 atom stereocenters. The van der Waals surface area contributed by atoms with Gasteiger partial charge in [0.05, 0.1) is 4.90 Å². The third-order valence-corrected chi connectivity index (χ3v) is 6.06. The molecule has 1 aliphatic heterocycles. The molecule has 1 heterocycles. The van der Waals surface area contributed by atoms with Crippen LogP contribution in [0.5, 0.6) is 0 Å². The van der Waals surface area contributed by atoms with Crippen molar-refractivity contribution >= 4 is 15.9 Å². The van der Waals surface area contributed by atoms with Crippen LogP contribution in [0.3, 0.4) is 0 Å². The molecule has 0 saturated carbocycles. The van der Waals surface area contributed by atoms with Crippen molar-refractivity contribution in [2.45, 2.75) is 38.5 Å². The number of piperazine rings is 1. The molecule has 1 aliphatic rings. The zero-order chi connectivity index (χ0) is 17.9. The SMILES string of the molecule is CC(C)=CC(=O)N1CCN(S(=O)(=O)c2ccc(C(C)C)cc2)CC1. The first-order valence-corrected chi connectivity index (χ1v) is 9.69. The number of carbonyl (C=O) groups excluding carboxylic acids is 1. The Morgan fingerprint density at radius 1 is 1.04 bits per heavy atom. The Morgan fingerprint density at radius 2 is 1.58 bits per heavy atom. The van der Waals surface area contributed by atoms with Gasteiger partial charge < -0.3 is 4.90 Å². The van der Waals surface area contributed by atoms with Gasteiger partial charge in [0, 0.05) is 32.3 Å². The predicted molar refractivity (Wildman–Crippen MR) is 95.3 cm³/mol. The van der Waals surface area contributed by atoms with E-state index in [0.29, 0.717) is 37.0 Å². The highest BCUT2D eigenvalue weighted by atomic mass is 32.2. The third kappa shape index (κ3) is 4.24. The van der Waals surface area contributed by atoms with Crippen LogP contribution in [0.25, 0.3) is 0 Å². The van der Waals surface area contributed by atoms with Crippen LogP contribution in [0.4, 0.5) is 0 Å². The molecule has 0 spiro atoms. The fraction of sp³-hybridized carbons (Fsp3) is 0.500. The van der Waals surface area contributed by atoms with Gasteiger partial charge in [-0.15, -0.1) is 0 Å². The van der Waals surface area contributed by atoms with Crippen molar-refractivity contribution in [2.75, 3.05) is 26.2 Å². The molecule has 6 heteroatoms. The van der Waals surface area contributed by atoms with Gasteiger partial charge in [-0.3, -0.25) is 4.79 Å². The second-order valence-electron chi connectivity index (χ2n) is 6.67. The summed E-state index contributed by atoms with van der Waals surface area (Å²) in [6.45, 7) is 9.41. The monoisotopic (exact) mass is 350 g/mol. The summed E-state index contributed by atoms with van der Waals surface area (Å²) in [6, 6.07) is 7.08. The average Bonchev–Trinajstić information content (AvgIpc) is 2.54. The zero-order valence-corrected chi connectivity index (χ0v) is 15.6. The minimum atomic E-state index is -3.50. The van der Waals surface area contributed by atoms with Crippen molar-refractivity contribution in [2.24, 2.45) is 0 Å². The van der Waals surface area contributed by atoms with Crippen LogP contribution >= 0.6 is 0 Å². The van der Waals surface area contributed by atoms with Crippen LogP contribution < -0.4 is 0 Å². The van der Waals surface area contributed by atoms with E-state index in [9.17, 15) is 13.2 Å². The molecule has 1 saturated heterocycles. The van der Waals surface area contributed by atoms with Gasteiger partial charge in [-0.25, -0.2) is 8.42 Å². The molecule has 5 nitrogen and oxygen atoms in total. The predicted octanol–water partition coefficient (Wildman–Crippen LogP) is 2.61. The number of nitrogens with zero attached hydrogens (tertiary/aromatic N) is 2. The Labute approximate surface area is 145 Å². The molecule has 1 aromatic rings. The smallest absolute Gasteiger partial charge is 0.246 e. The van der Waals surface area contributed by atoms with Gasteiger partial charge in [-0.05, 0) is 37.5 Å². The summed E-state index contributed by atoms with van der Waals surface area (Å²) in [5.74, 6) is 0.319. The highest BCUT2D eigenvalue weighted by Crippen LogP contribution is 2.21. The summed E-state index contributed by atoms with van der Waals surface area (Å²) < 4.78 is 26.9. The summed E-state index contributed by atoms with van der Waals surface area (Å²) in [7, 11) is -3.50. The first kappa shape index (κ1) is 18.7. The average molecular weight is 350 g/mol. The van der Waals surface area contributed by atoms with Gasteiger partial charge >= 0.3 is 0 Å². The Morgan fingerprint density at radius 3 is 2.04 bits per heavy atom. The van der Waals surface area contributed by atoms with Crippen molar-refractivity contribution in [3.8, 4) is 0 Å². The summed E-state index contributed by atoms with van der Waals surface area (Å²) >= 11 is 0. The maximum absolute atomic E-state index is 12.7. The van der Waals surface area contributed by atoms with Gasteiger partial charge in [0.25, 0.3) is 0 Å². The fourth-order valence-corrected chi connectivity index (χ4v) is 4.08. The minimum absolute atomic E-state index is 0.0478. The first-order chi connectivity index (χ1) is 11.2.